The van der Waals surface area contributed by atoms with E-state index in [9.17, 15) is 0 Å². The molecule has 0 aliphatic carbocycles. The molecule has 0 bridgehead atoms. The molecule has 41 heavy (non-hydrogen) atoms. The Bertz CT molecular complexity index is 1680. The summed E-state index contributed by atoms with van der Waals surface area (Å²) in [6.45, 7) is 7.61. The van der Waals surface area contributed by atoms with Gasteiger partial charge >= 0.3 is 0 Å². The van der Waals surface area contributed by atoms with Crippen LogP contribution >= 0.6 is 11.6 Å². The molecule has 0 amide bonds. The molecule has 0 saturated carbocycles. The molecule has 5 rings (SSSR count). The van der Waals surface area contributed by atoms with Gasteiger partial charge in [0.1, 0.15) is 29.2 Å². The number of hydrogen-bond donors (Lipinski definition) is 0. The number of methoxy groups -OCH3 is 1. The zero-order valence-electron chi connectivity index (χ0n) is 23.4. The van der Waals surface area contributed by atoms with Crippen LogP contribution in [0.3, 0.4) is 0 Å². The minimum absolute atomic E-state index is 0.0489. The van der Waals surface area contributed by atoms with Crippen LogP contribution in [0.1, 0.15) is 43.3 Å². The van der Waals surface area contributed by atoms with Gasteiger partial charge in [0.25, 0.3) is 0 Å². The summed E-state index contributed by atoms with van der Waals surface area (Å²) in [6.07, 6.45) is 1.73. The Morgan fingerprint density at radius 2 is 1.76 bits per heavy atom. The van der Waals surface area contributed by atoms with E-state index in [1.807, 2.05) is 16.7 Å². The predicted octanol–water partition coefficient (Wildman–Crippen LogP) is 7.54. The van der Waals surface area contributed by atoms with Gasteiger partial charge in [0.05, 0.1) is 23.3 Å². The monoisotopic (exact) mass is 576 g/mol. The van der Waals surface area contributed by atoms with E-state index >= 15 is 8.78 Å². The minimum Gasteiger partial charge on any atom is -0.473 e. The summed E-state index contributed by atoms with van der Waals surface area (Å²) in [5, 5.41) is 0.386. The Hall–Kier alpha value is -3.88. The highest BCUT2D eigenvalue weighted by molar-refractivity contribution is 6.29. The summed E-state index contributed by atoms with van der Waals surface area (Å²) in [5.41, 5.74) is 4.09. The molecule has 212 valence electrons. The summed E-state index contributed by atoms with van der Waals surface area (Å²) >= 11 is 5.83. The van der Waals surface area contributed by atoms with Crippen LogP contribution in [0.25, 0.3) is 22.3 Å². The maximum atomic E-state index is 15.5. The van der Waals surface area contributed by atoms with E-state index in [4.69, 9.17) is 26.1 Å². The van der Waals surface area contributed by atoms with Gasteiger partial charge in [-0.15, -0.1) is 0 Å². The molecule has 2 aromatic carbocycles. The number of aromatic nitrogens is 4. The van der Waals surface area contributed by atoms with Crippen LogP contribution in [0.2, 0.25) is 5.15 Å². The lowest BCUT2D eigenvalue weighted by molar-refractivity contribution is 0.187. The first-order chi connectivity index (χ1) is 19.6. The van der Waals surface area contributed by atoms with E-state index in [2.05, 4.69) is 36.8 Å². The third kappa shape index (κ3) is 6.39. The Balaban J connectivity index is 1.44. The number of nitrogens with zero attached hydrogens (tertiary/aromatic N) is 4. The molecule has 3 aromatic heterocycles. The number of benzene rings is 2. The number of para-hydroxylation sites is 1. The molecule has 9 heteroatoms. The smallest absolute Gasteiger partial charge is 0.214 e. The number of halogens is 3. The average molecular weight is 577 g/mol. The Morgan fingerprint density at radius 1 is 0.951 bits per heavy atom. The maximum absolute atomic E-state index is 15.5. The number of fused-ring (bicyclic) bond motifs is 1. The second-order valence-corrected chi connectivity index (χ2v) is 11.2. The van der Waals surface area contributed by atoms with Gasteiger partial charge in [0.2, 0.25) is 5.88 Å². The van der Waals surface area contributed by atoms with Crippen LogP contribution in [0.5, 0.6) is 5.88 Å². The van der Waals surface area contributed by atoms with Crippen molar-refractivity contribution < 1.29 is 18.3 Å². The highest BCUT2D eigenvalue weighted by Gasteiger charge is 2.22. The van der Waals surface area contributed by atoms with Crippen LogP contribution in [0.4, 0.5) is 8.78 Å². The topological polar surface area (TPSA) is 62.1 Å². The lowest BCUT2D eigenvalue weighted by Crippen LogP contribution is -2.12. The number of imidazole rings is 1. The predicted molar refractivity (Wildman–Crippen MR) is 156 cm³/mol. The second-order valence-electron chi connectivity index (χ2n) is 10.8. The molecule has 5 aromatic rings. The van der Waals surface area contributed by atoms with E-state index in [1.54, 1.807) is 43.6 Å². The number of pyridine rings is 2. The van der Waals surface area contributed by atoms with Crippen molar-refractivity contribution in [2.75, 3.05) is 13.7 Å². The van der Waals surface area contributed by atoms with Crippen molar-refractivity contribution in [2.24, 2.45) is 0 Å². The zero-order chi connectivity index (χ0) is 29.1. The molecule has 0 saturated heterocycles. The first kappa shape index (κ1) is 28.6. The lowest BCUT2D eigenvalue weighted by Gasteiger charge is -2.19. The Morgan fingerprint density at radius 3 is 2.49 bits per heavy atom. The van der Waals surface area contributed by atoms with Crippen molar-refractivity contribution >= 4 is 22.6 Å². The molecule has 0 atom stereocenters. The summed E-state index contributed by atoms with van der Waals surface area (Å²) in [6, 6.07) is 16.9. The molecule has 3 heterocycles. The van der Waals surface area contributed by atoms with Gasteiger partial charge in [0.15, 0.2) is 0 Å². The van der Waals surface area contributed by atoms with Crippen LogP contribution in [-0.2, 0) is 29.7 Å². The van der Waals surface area contributed by atoms with Crippen molar-refractivity contribution in [1.82, 2.24) is 19.5 Å². The molecular formula is C32H31ClF2N4O2. The summed E-state index contributed by atoms with van der Waals surface area (Å²) in [4.78, 5) is 13.3. The fourth-order valence-electron chi connectivity index (χ4n) is 4.75. The molecule has 0 aliphatic rings. The largest absolute Gasteiger partial charge is 0.473 e. The quantitative estimate of drug-likeness (QED) is 0.170. The van der Waals surface area contributed by atoms with E-state index in [0.29, 0.717) is 24.1 Å². The standard InChI is InChI=1S/C32H31ClF2N4O2/c1-32(2,3)23-7-5-9-27-31(23)38-29(39(27)13-14-40-4)16-21-15-25(35)22(17-24(21)34)26-8-6-10-30(37-26)41-19-20-11-12-28(33)36-18-20/h5-12,15,17-18H,13-14,16,19H2,1-4H3. The van der Waals surface area contributed by atoms with Gasteiger partial charge in [-0.2, -0.15) is 0 Å². The lowest BCUT2D eigenvalue weighted by atomic mass is 9.86. The van der Waals surface area contributed by atoms with Gasteiger partial charge in [-0.1, -0.05) is 56.6 Å². The SMILES string of the molecule is COCCn1c(Cc2cc(F)c(-c3cccc(OCc4ccc(Cl)nc4)n3)cc2F)nc2c(C(C)(C)C)cccc21. The number of rotatable bonds is 9. The molecule has 0 unspecified atom stereocenters. The van der Waals surface area contributed by atoms with Gasteiger partial charge < -0.3 is 14.0 Å². The summed E-state index contributed by atoms with van der Waals surface area (Å²) < 4.78 is 44.0. The number of hydrogen-bond acceptors (Lipinski definition) is 5. The molecule has 0 N–H and O–H groups in total. The molecule has 0 radical (unpaired) electrons. The van der Waals surface area contributed by atoms with Gasteiger partial charge in [-0.05, 0) is 46.9 Å². The van der Waals surface area contributed by atoms with Crippen molar-refractivity contribution in [3.8, 4) is 17.1 Å². The molecule has 0 aliphatic heterocycles. The fourth-order valence-corrected chi connectivity index (χ4v) is 4.86. The molecule has 6 nitrogen and oxygen atoms in total. The highest BCUT2D eigenvalue weighted by Crippen LogP contribution is 2.32. The third-order valence-electron chi connectivity index (χ3n) is 6.84. The number of ether oxygens (including phenoxy) is 2. The Labute approximate surface area is 243 Å². The third-order valence-corrected chi connectivity index (χ3v) is 7.07. The van der Waals surface area contributed by atoms with Crippen molar-refractivity contribution in [3.05, 3.63) is 106 Å². The molecular weight excluding hydrogens is 546 g/mol. The van der Waals surface area contributed by atoms with Crippen LogP contribution < -0.4 is 4.74 Å². The van der Waals surface area contributed by atoms with E-state index in [1.165, 1.54) is 12.1 Å². The summed E-state index contributed by atoms with van der Waals surface area (Å²) in [5.74, 6) is -0.195. The van der Waals surface area contributed by atoms with Crippen LogP contribution in [-0.4, -0.2) is 33.2 Å². The van der Waals surface area contributed by atoms with Crippen molar-refractivity contribution in [2.45, 2.75) is 45.8 Å². The zero-order valence-corrected chi connectivity index (χ0v) is 24.2. The maximum Gasteiger partial charge on any atom is 0.214 e. The van der Waals surface area contributed by atoms with E-state index < -0.39 is 11.6 Å². The second kappa shape index (κ2) is 11.9. The van der Waals surface area contributed by atoms with Crippen molar-refractivity contribution in [3.63, 3.8) is 0 Å². The van der Waals surface area contributed by atoms with E-state index in [-0.39, 0.29) is 41.1 Å². The summed E-state index contributed by atoms with van der Waals surface area (Å²) in [7, 11) is 1.64. The van der Waals surface area contributed by atoms with Crippen LogP contribution in [0, 0.1) is 11.6 Å². The fraction of sp³-hybridized carbons (Fsp3) is 0.281. The normalized spacial score (nSPS) is 11.8. The van der Waals surface area contributed by atoms with Gasteiger partial charge in [-0.25, -0.2) is 23.7 Å². The van der Waals surface area contributed by atoms with E-state index in [0.717, 1.165) is 22.2 Å². The first-order valence-electron chi connectivity index (χ1n) is 13.3. The Kier molecular flexibility index (Phi) is 8.33. The molecule has 0 spiro atoms. The van der Waals surface area contributed by atoms with Gasteiger partial charge in [-0.3, -0.25) is 0 Å². The highest BCUT2D eigenvalue weighted by atomic mass is 35.5. The van der Waals surface area contributed by atoms with Crippen molar-refractivity contribution in [1.29, 1.82) is 0 Å². The minimum atomic E-state index is -0.581. The first-order valence-corrected chi connectivity index (χ1v) is 13.7. The molecule has 0 fully saturated rings. The van der Waals surface area contributed by atoms with Crippen LogP contribution in [0.15, 0.2) is 66.9 Å². The average Bonchev–Trinajstić information content (AvgIpc) is 3.29. The van der Waals surface area contributed by atoms with Gasteiger partial charge in [0, 0.05) is 43.5 Å².